The van der Waals surface area contributed by atoms with Gasteiger partial charge in [-0.3, -0.25) is 4.79 Å². The standard InChI is InChI=1S/C10H10ClNO2/c1-7-5-6-12-10(11)8(7)3-2-4-9(13)14/h2-3,5-6H,4H2,1H3,(H,13,14). The Hall–Kier alpha value is -1.35. The third kappa shape index (κ3) is 2.85. The van der Waals surface area contributed by atoms with E-state index in [9.17, 15) is 4.79 Å². The molecule has 0 saturated heterocycles. The maximum absolute atomic E-state index is 10.3. The van der Waals surface area contributed by atoms with Crippen molar-refractivity contribution in [1.82, 2.24) is 4.98 Å². The second kappa shape index (κ2) is 4.77. The second-order valence-electron chi connectivity index (χ2n) is 2.83. The van der Waals surface area contributed by atoms with E-state index in [0.29, 0.717) is 5.15 Å². The molecule has 0 aliphatic heterocycles. The molecule has 4 heteroatoms. The zero-order chi connectivity index (χ0) is 10.6. The number of carboxylic acid groups (broad SMARTS) is 1. The zero-order valence-corrected chi connectivity index (χ0v) is 8.45. The van der Waals surface area contributed by atoms with Gasteiger partial charge in [0.2, 0.25) is 0 Å². The van der Waals surface area contributed by atoms with Crippen LogP contribution in [0.3, 0.4) is 0 Å². The van der Waals surface area contributed by atoms with E-state index >= 15 is 0 Å². The van der Waals surface area contributed by atoms with E-state index in [1.54, 1.807) is 18.3 Å². The van der Waals surface area contributed by atoms with Gasteiger partial charge in [0.25, 0.3) is 0 Å². The summed E-state index contributed by atoms with van der Waals surface area (Å²) in [7, 11) is 0. The van der Waals surface area contributed by atoms with Gasteiger partial charge in [-0.05, 0) is 18.6 Å². The second-order valence-corrected chi connectivity index (χ2v) is 3.19. The first kappa shape index (κ1) is 10.7. The van der Waals surface area contributed by atoms with Crippen LogP contribution in [0.25, 0.3) is 6.08 Å². The molecular weight excluding hydrogens is 202 g/mol. The van der Waals surface area contributed by atoms with Gasteiger partial charge in [-0.2, -0.15) is 0 Å². The Morgan fingerprint density at radius 1 is 1.71 bits per heavy atom. The highest BCUT2D eigenvalue weighted by Gasteiger charge is 2.00. The van der Waals surface area contributed by atoms with E-state index in [-0.39, 0.29) is 6.42 Å². The molecule has 0 unspecified atom stereocenters. The number of nitrogens with zero attached hydrogens (tertiary/aromatic N) is 1. The first-order valence-electron chi connectivity index (χ1n) is 4.10. The zero-order valence-electron chi connectivity index (χ0n) is 7.70. The van der Waals surface area contributed by atoms with Gasteiger partial charge in [-0.15, -0.1) is 0 Å². The summed E-state index contributed by atoms with van der Waals surface area (Å²) in [6.07, 6.45) is 4.84. The van der Waals surface area contributed by atoms with Gasteiger partial charge >= 0.3 is 5.97 Å². The number of hydrogen-bond donors (Lipinski definition) is 1. The predicted molar refractivity (Wildman–Crippen MR) is 55.3 cm³/mol. The predicted octanol–water partition coefficient (Wildman–Crippen LogP) is 2.53. The molecular formula is C10H10ClNO2. The number of aryl methyl sites for hydroxylation is 1. The Morgan fingerprint density at radius 3 is 3.00 bits per heavy atom. The van der Waals surface area contributed by atoms with E-state index < -0.39 is 5.97 Å². The Morgan fingerprint density at radius 2 is 2.43 bits per heavy atom. The Bertz CT molecular complexity index is 354. The third-order valence-electron chi connectivity index (χ3n) is 1.74. The van der Waals surface area contributed by atoms with Crippen molar-refractivity contribution >= 4 is 23.6 Å². The minimum Gasteiger partial charge on any atom is -0.481 e. The Balaban J connectivity index is 2.85. The third-order valence-corrected chi connectivity index (χ3v) is 2.04. The summed E-state index contributed by atoms with van der Waals surface area (Å²) in [4.78, 5) is 14.2. The molecule has 0 aliphatic carbocycles. The largest absolute Gasteiger partial charge is 0.481 e. The van der Waals surface area contributed by atoms with Gasteiger partial charge in [-0.1, -0.05) is 23.8 Å². The molecule has 14 heavy (non-hydrogen) atoms. The van der Waals surface area contributed by atoms with Crippen molar-refractivity contribution in [1.29, 1.82) is 0 Å². The maximum Gasteiger partial charge on any atom is 0.307 e. The van der Waals surface area contributed by atoms with E-state index in [2.05, 4.69) is 4.98 Å². The summed E-state index contributed by atoms with van der Waals surface area (Å²) in [6.45, 7) is 1.90. The van der Waals surface area contributed by atoms with E-state index in [1.807, 2.05) is 13.0 Å². The van der Waals surface area contributed by atoms with Gasteiger partial charge in [-0.25, -0.2) is 4.98 Å². The minimum absolute atomic E-state index is 0.00926. The number of hydrogen-bond acceptors (Lipinski definition) is 2. The lowest BCUT2D eigenvalue weighted by Crippen LogP contribution is -1.90. The first-order chi connectivity index (χ1) is 6.61. The molecule has 1 aromatic rings. The monoisotopic (exact) mass is 211 g/mol. The van der Waals surface area contributed by atoms with Crippen LogP contribution in [-0.4, -0.2) is 16.1 Å². The maximum atomic E-state index is 10.3. The lowest BCUT2D eigenvalue weighted by Gasteiger charge is -2.00. The van der Waals surface area contributed by atoms with Crippen molar-refractivity contribution in [3.8, 4) is 0 Å². The molecule has 74 valence electrons. The van der Waals surface area contributed by atoms with Gasteiger partial charge in [0.1, 0.15) is 5.15 Å². The van der Waals surface area contributed by atoms with Crippen LogP contribution >= 0.6 is 11.6 Å². The average Bonchev–Trinajstić information content (AvgIpc) is 2.09. The van der Waals surface area contributed by atoms with Crippen LogP contribution in [0.15, 0.2) is 18.3 Å². The number of pyridine rings is 1. The molecule has 1 heterocycles. The number of aromatic nitrogens is 1. The lowest BCUT2D eigenvalue weighted by atomic mass is 10.1. The molecule has 0 amide bonds. The summed E-state index contributed by atoms with van der Waals surface area (Å²) < 4.78 is 0. The molecule has 0 radical (unpaired) electrons. The van der Waals surface area contributed by atoms with Crippen LogP contribution < -0.4 is 0 Å². The van der Waals surface area contributed by atoms with E-state index in [4.69, 9.17) is 16.7 Å². The SMILES string of the molecule is Cc1ccnc(Cl)c1C=CCC(=O)O. The number of carbonyl (C=O) groups is 1. The molecule has 3 nitrogen and oxygen atoms in total. The summed E-state index contributed by atoms with van der Waals surface area (Å²) in [5, 5.41) is 8.83. The molecule has 1 N–H and O–H groups in total. The van der Waals surface area contributed by atoms with E-state index in [1.165, 1.54) is 0 Å². The highest BCUT2D eigenvalue weighted by molar-refractivity contribution is 6.30. The van der Waals surface area contributed by atoms with Crippen LogP contribution in [-0.2, 0) is 4.79 Å². The molecule has 0 aromatic carbocycles. The quantitative estimate of drug-likeness (QED) is 0.782. The molecule has 0 bridgehead atoms. The normalized spacial score (nSPS) is 10.7. The molecule has 0 saturated carbocycles. The van der Waals surface area contributed by atoms with Crippen LogP contribution in [0.1, 0.15) is 17.5 Å². The number of rotatable bonds is 3. The lowest BCUT2D eigenvalue weighted by molar-refractivity contribution is -0.135. The summed E-state index contributed by atoms with van der Waals surface area (Å²) >= 11 is 5.84. The van der Waals surface area contributed by atoms with Gasteiger partial charge in [0, 0.05) is 11.8 Å². The van der Waals surface area contributed by atoms with Crippen LogP contribution in [0.4, 0.5) is 0 Å². The molecule has 0 atom stereocenters. The van der Waals surface area contributed by atoms with Crippen LogP contribution in [0.2, 0.25) is 5.15 Å². The van der Waals surface area contributed by atoms with Crippen molar-refractivity contribution in [2.75, 3.05) is 0 Å². The first-order valence-corrected chi connectivity index (χ1v) is 4.48. The molecule has 1 rings (SSSR count). The minimum atomic E-state index is -0.862. The Labute approximate surface area is 87.0 Å². The highest BCUT2D eigenvalue weighted by Crippen LogP contribution is 2.18. The van der Waals surface area contributed by atoms with Crippen molar-refractivity contribution in [3.63, 3.8) is 0 Å². The number of halogens is 1. The smallest absolute Gasteiger partial charge is 0.307 e. The van der Waals surface area contributed by atoms with Crippen molar-refractivity contribution in [2.45, 2.75) is 13.3 Å². The molecule has 1 aromatic heterocycles. The summed E-state index contributed by atoms with van der Waals surface area (Å²) in [5.41, 5.74) is 1.75. The molecule has 0 aliphatic rings. The highest BCUT2D eigenvalue weighted by atomic mass is 35.5. The molecule has 0 fully saturated rings. The van der Waals surface area contributed by atoms with Crippen molar-refractivity contribution < 1.29 is 9.90 Å². The van der Waals surface area contributed by atoms with E-state index in [0.717, 1.165) is 11.1 Å². The fraction of sp³-hybridized carbons (Fsp3) is 0.200. The fourth-order valence-corrected chi connectivity index (χ4v) is 1.28. The fourth-order valence-electron chi connectivity index (χ4n) is 1.01. The van der Waals surface area contributed by atoms with Gasteiger partial charge in [0.15, 0.2) is 0 Å². The number of aliphatic carboxylic acids is 1. The summed E-state index contributed by atoms with van der Waals surface area (Å²) in [5.74, 6) is -0.862. The summed E-state index contributed by atoms with van der Waals surface area (Å²) in [6, 6.07) is 1.83. The van der Waals surface area contributed by atoms with Crippen molar-refractivity contribution in [3.05, 3.63) is 34.6 Å². The van der Waals surface area contributed by atoms with Crippen molar-refractivity contribution in [2.24, 2.45) is 0 Å². The average molecular weight is 212 g/mol. The van der Waals surface area contributed by atoms with Crippen LogP contribution in [0, 0.1) is 6.92 Å². The number of carboxylic acids is 1. The van der Waals surface area contributed by atoms with Crippen LogP contribution in [0.5, 0.6) is 0 Å². The Kier molecular flexibility index (Phi) is 3.65. The topological polar surface area (TPSA) is 50.2 Å². The van der Waals surface area contributed by atoms with Gasteiger partial charge in [0.05, 0.1) is 6.42 Å². The molecule has 0 spiro atoms. The van der Waals surface area contributed by atoms with Gasteiger partial charge < -0.3 is 5.11 Å².